The maximum Gasteiger partial charge on any atom is 0.295 e. The first kappa shape index (κ1) is 27.1. The van der Waals surface area contributed by atoms with Gasteiger partial charge < -0.3 is 25.0 Å². The van der Waals surface area contributed by atoms with Crippen LogP contribution in [0.25, 0.3) is 10.9 Å². The Morgan fingerprint density at radius 2 is 1.71 bits per heavy atom. The highest BCUT2D eigenvalue weighted by molar-refractivity contribution is 6.45. The number of Topliss-reactive ketones (excluding diaryl/α,β-unsaturated/α-hetero) is 1. The van der Waals surface area contributed by atoms with Crippen LogP contribution in [-0.2, 0) is 4.79 Å². The predicted molar refractivity (Wildman–Crippen MR) is 146 cm³/mol. The summed E-state index contributed by atoms with van der Waals surface area (Å²) in [5.74, 6) is -1.57. The van der Waals surface area contributed by atoms with E-state index in [2.05, 4.69) is 29.0 Å². The Kier molecular flexibility index (Phi) is 8.58. The fraction of sp³-hybridized carbons (Fsp3) is 0.379. The number of fused-ring (bicyclic) bond motifs is 1. The molecule has 4 rings (SSSR count). The number of nitrogens with zero attached hydrogens (tertiary/aromatic N) is 3. The summed E-state index contributed by atoms with van der Waals surface area (Å²) in [7, 11) is 0. The molecule has 1 saturated heterocycles. The fourth-order valence-electron chi connectivity index (χ4n) is 4.95. The second kappa shape index (κ2) is 12.0. The molecule has 1 aliphatic rings. The Morgan fingerprint density at radius 1 is 0.974 bits per heavy atom. The molecule has 2 heterocycles. The number of hydrogen-bond acceptors (Lipinski definition) is 5. The lowest BCUT2D eigenvalue weighted by Crippen LogP contribution is -2.56. The van der Waals surface area contributed by atoms with Gasteiger partial charge in [-0.15, -0.1) is 0 Å². The van der Waals surface area contributed by atoms with E-state index in [9.17, 15) is 19.2 Å². The van der Waals surface area contributed by atoms with Crippen molar-refractivity contribution >= 4 is 34.4 Å². The van der Waals surface area contributed by atoms with Gasteiger partial charge in [-0.3, -0.25) is 19.2 Å². The Hall–Kier alpha value is -3.98. The normalized spacial score (nSPS) is 15.6. The minimum atomic E-state index is -0.634. The number of hydrogen-bond donors (Lipinski definition) is 2. The molecule has 3 amide bonds. The lowest BCUT2D eigenvalue weighted by Gasteiger charge is -2.39. The lowest BCUT2D eigenvalue weighted by atomic mass is 10.0. The maximum absolute atomic E-state index is 13.3. The first-order valence-electron chi connectivity index (χ1n) is 13.2. The zero-order valence-corrected chi connectivity index (χ0v) is 22.2. The Bertz CT molecular complexity index is 1320. The number of carbonyl (C=O) groups is 4. The Labute approximate surface area is 222 Å². The number of nitrogens with one attached hydrogen (secondary N) is 2. The van der Waals surface area contributed by atoms with E-state index < -0.39 is 11.7 Å². The Balaban J connectivity index is 1.44. The molecule has 9 heteroatoms. The number of rotatable bonds is 9. The molecule has 200 valence electrons. The van der Waals surface area contributed by atoms with Crippen LogP contribution in [0.2, 0.25) is 0 Å². The fourth-order valence-corrected chi connectivity index (χ4v) is 4.95. The van der Waals surface area contributed by atoms with E-state index in [0.717, 1.165) is 19.6 Å². The summed E-state index contributed by atoms with van der Waals surface area (Å²) < 4.78 is 0. The van der Waals surface area contributed by atoms with E-state index in [4.69, 9.17) is 0 Å². The summed E-state index contributed by atoms with van der Waals surface area (Å²) in [6, 6.07) is 13.9. The molecule has 0 bridgehead atoms. The molecule has 2 N–H and O–H groups in total. The largest absolute Gasteiger partial charge is 0.360 e. The minimum absolute atomic E-state index is 0.0876. The quantitative estimate of drug-likeness (QED) is 0.335. The van der Waals surface area contributed by atoms with Gasteiger partial charge in [0, 0.05) is 55.9 Å². The van der Waals surface area contributed by atoms with Crippen LogP contribution in [0.5, 0.6) is 0 Å². The van der Waals surface area contributed by atoms with Crippen LogP contribution in [0.3, 0.4) is 0 Å². The van der Waals surface area contributed by atoms with Crippen molar-refractivity contribution in [2.45, 2.75) is 26.8 Å². The van der Waals surface area contributed by atoms with Gasteiger partial charge in [0.1, 0.15) is 0 Å². The van der Waals surface area contributed by atoms with Gasteiger partial charge in [0.05, 0.1) is 16.6 Å². The summed E-state index contributed by atoms with van der Waals surface area (Å²) in [5.41, 5.74) is 1.78. The molecule has 9 nitrogen and oxygen atoms in total. The summed E-state index contributed by atoms with van der Waals surface area (Å²) >= 11 is 0. The van der Waals surface area contributed by atoms with Crippen LogP contribution in [0.1, 0.15) is 51.8 Å². The van der Waals surface area contributed by atoms with Gasteiger partial charge in [-0.25, -0.2) is 0 Å². The summed E-state index contributed by atoms with van der Waals surface area (Å²) in [6.45, 7) is 10.0. The third-order valence-corrected chi connectivity index (χ3v) is 7.20. The minimum Gasteiger partial charge on any atom is -0.360 e. The molecular formula is C29H35N5O4. The molecule has 0 saturated carbocycles. The van der Waals surface area contributed by atoms with E-state index >= 15 is 0 Å². The number of amides is 3. The van der Waals surface area contributed by atoms with Crippen molar-refractivity contribution in [3.05, 3.63) is 71.4 Å². The van der Waals surface area contributed by atoms with E-state index in [-0.39, 0.29) is 30.0 Å². The molecule has 1 aliphatic heterocycles. The maximum atomic E-state index is 13.3. The highest BCUT2D eigenvalue weighted by Gasteiger charge is 2.34. The SMILES string of the molecule is CCN(CC)CCNC(=O)c1cccc2c(C(=O)C(=O)N3CCN(C(=O)c4ccccc4)C[C@H]3C)c[nH]c12. The van der Waals surface area contributed by atoms with Crippen molar-refractivity contribution in [1.82, 2.24) is 25.0 Å². The van der Waals surface area contributed by atoms with Gasteiger partial charge >= 0.3 is 0 Å². The molecule has 1 fully saturated rings. The predicted octanol–water partition coefficient (Wildman–Crippen LogP) is 2.80. The number of para-hydroxylation sites is 1. The molecule has 1 atom stereocenters. The molecule has 38 heavy (non-hydrogen) atoms. The van der Waals surface area contributed by atoms with Gasteiger partial charge in [-0.2, -0.15) is 0 Å². The van der Waals surface area contributed by atoms with Gasteiger partial charge in [-0.1, -0.05) is 44.2 Å². The van der Waals surface area contributed by atoms with E-state index in [0.29, 0.717) is 41.7 Å². The molecule has 0 spiro atoms. The molecular weight excluding hydrogens is 482 g/mol. The van der Waals surface area contributed by atoms with Crippen LogP contribution in [0, 0.1) is 0 Å². The van der Waals surface area contributed by atoms with Crippen molar-refractivity contribution in [1.29, 1.82) is 0 Å². The van der Waals surface area contributed by atoms with Gasteiger partial charge in [-0.05, 0) is 38.2 Å². The van der Waals surface area contributed by atoms with Crippen molar-refractivity contribution in [3.8, 4) is 0 Å². The van der Waals surface area contributed by atoms with Crippen LogP contribution in [0.15, 0.2) is 54.7 Å². The zero-order valence-electron chi connectivity index (χ0n) is 22.2. The molecule has 0 unspecified atom stereocenters. The number of aromatic amines is 1. The third kappa shape index (κ3) is 5.62. The van der Waals surface area contributed by atoms with Crippen LogP contribution < -0.4 is 5.32 Å². The second-order valence-corrected chi connectivity index (χ2v) is 9.51. The average Bonchev–Trinajstić information content (AvgIpc) is 3.39. The smallest absolute Gasteiger partial charge is 0.295 e. The lowest BCUT2D eigenvalue weighted by molar-refractivity contribution is -0.130. The number of aromatic nitrogens is 1. The molecule has 0 aliphatic carbocycles. The summed E-state index contributed by atoms with van der Waals surface area (Å²) in [5, 5.41) is 3.47. The Morgan fingerprint density at radius 3 is 2.39 bits per heavy atom. The topological polar surface area (TPSA) is 106 Å². The molecule has 1 aromatic heterocycles. The third-order valence-electron chi connectivity index (χ3n) is 7.20. The van der Waals surface area contributed by atoms with Crippen molar-refractivity contribution < 1.29 is 19.2 Å². The monoisotopic (exact) mass is 517 g/mol. The standard InChI is InChI=1S/C29H35N5O4/c1-4-32(5-2)15-14-30-27(36)23-13-9-12-22-24(18-31-25(22)23)26(35)29(38)34-17-16-33(19-20(34)3)28(37)21-10-7-6-8-11-21/h6-13,18,20,31H,4-5,14-17,19H2,1-3H3,(H,30,36)/t20-/m1/s1. The van der Waals surface area contributed by atoms with Crippen molar-refractivity contribution in [3.63, 3.8) is 0 Å². The van der Waals surface area contributed by atoms with Gasteiger partial charge in [0.25, 0.3) is 23.5 Å². The van der Waals surface area contributed by atoms with Gasteiger partial charge in [0.2, 0.25) is 0 Å². The highest BCUT2D eigenvalue weighted by atomic mass is 16.2. The number of ketones is 1. The number of likely N-dealkylation sites (N-methyl/N-ethyl adjacent to an activating group) is 1. The first-order chi connectivity index (χ1) is 18.3. The van der Waals surface area contributed by atoms with E-state index in [1.165, 1.54) is 11.1 Å². The van der Waals surface area contributed by atoms with Crippen molar-refractivity contribution in [2.24, 2.45) is 0 Å². The van der Waals surface area contributed by atoms with Gasteiger partial charge in [0.15, 0.2) is 0 Å². The molecule has 0 radical (unpaired) electrons. The molecule has 2 aromatic carbocycles. The summed E-state index contributed by atoms with van der Waals surface area (Å²) in [4.78, 5) is 60.7. The van der Waals surface area contributed by atoms with Crippen LogP contribution >= 0.6 is 0 Å². The second-order valence-electron chi connectivity index (χ2n) is 9.51. The summed E-state index contributed by atoms with van der Waals surface area (Å²) in [6.07, 6.45) is 1.50. The number of carbonyl (C=O) groups excluding carboxylic acids is 4. The van der Waals surface area contributed by atoms with Crippen molar-refractivity contribution in [2.75, 3.05) is 45.8 Å². The average molecular weight is 518 g/mol. The number of piperazine rings is 1. The van der Waals surface area contributed by atoms with E-state index in [1.807, 2.05) is 25.1 Å². The number of H-pyrrole nitrogens is 1. The highest BCUT2D eigenvalue weighted by Crippen LogP contribution is 2.24. The number of benzene rings is 2. The van der Waals surface area contributed by atoms with Crippen LogP contribution in [0.4, 0.5) is 0 Å². The van der Waals surface area contributed by atoms with Crippen LogP contribution in [-0.4, -0.2) is 95.0 Å². The first-order valence-corrected chi connectivity index (χ1v) is 13.2. The van der Waals surface area contributed by atoms with E-state index in [1.54, 1.807) is 35.2 Å². The molecule has 3 aromatic rings. The zero-order chi connectivity index (χ0) is 27.2.